The summed E-state index contributed by atoms with van der Waals surface area (Å²) < 4.78 is 37.9. The van der Waals surface area contributed by atoms with Crippen LogP contribution in [0.25, 0.3) is 22.1 Å². The molecule has 67 heavy (non-hydrogen) atoms. The van der Waals surface area contributed by atoms with Gasteiger partial charge >= 0.3 is 0 Å². The van der Waals surface area contributed by atoms with E-state index in [4.69, 9.17) is 9.47 Å². The van der Waals surface area contributed by atoms with Crippen molar-refractivity contribution in [1.82, 2.24) is 44.9 Å². The normalized spacial score (nSPS) is 18.9. The highest BCUT2D eigenvalue weighted by Crippen LogP contribution is 2.30. The molecule has 6 heterocycles. The van der Waals surface area contributed by atoms with Crippen LogP contribution in [-0.2, 0) is 17.9 Å². The van der Waals surface area contributed by atoms with Gasteiger partial charge in [-0.3, -0.25) is 29.0 Å². The number of carbonyl (C=O) groups is 4. The predicted octanol–water partition coefficient (Wildman–Crippen LogP) is 6.99. The molecule has 6 aromatic rings. The first-order chi connectivity index (χ1) is 32.2. The van der Waals surface area contributed by atoms with E-state index < -0.39 is 11.7 Å². The number of H-pyrrole nitrogens is 2. The van der Waals surface area contributed by atoms with Gasteiger partial charge in [0.25, 0.3) is 23.5 Å². The van der Waals surface area contributed by atoms with Crippen molar-refractivity contribution in [3.05, 3.63) is 119 Å². The third-order valence-corrected chi connectivity index (χ3v) is 12.3. The van der Waals surface area contributed by atoms with E-state index in [-0.39, 0.29) is 64.6 Å². The van der Waals surface area contributed by atoms with Crippen molar-refractivity contribution in [1.29, 1.82) is 0 Å². The van der Waals surface area contributed by atoms with Gasteiger partial charge in [0.05, 0.1) is 18.8 Å². The number of amides is 3. The number of fused-ring (bicyclic) bond motifs is 2. The molecule has 0 aliphatic carbocycles. The Morgan fingerprint density at radius 1 is 0.642 bits per heavy atom. The van der Waals surface area contributed by atoms with Gasteiger partial charge in [-0.1, -0.05) is 24.3 Å². The Kier molecular flexibility index (Phi) is 15.3. The number of likely N-dealkylation sites (N-methyl/N-ethyl adjacent to an activating group) is 1. The van der Waals surface area contributed by atoms with E-state index in [2.05, 4.69) is 55.8 Å². The van der Waals surface area contributed by atoms with Crippen LogP contribution in [0.2, 0.25) is 0 Å². The molecule has 17 heteroatoms. The lowest BCUT2D eigenvalue weighted by Gasteiger charge is -2.44. The highest BCUT2D eigenvalue weighted by atomic mass is 19.1. The Bertz CT molecular complexity index is 2710. The first kappa shape index (κ1) is 48.2. The fourth-order valence-electron chi connectivity index (χ4n) is 8.71. The van der Waals surface area contributed by atoms with E-state index in [9.17, 15) is 28.0 Å². The maximum atomic E-state index is 13.8. The van der Waals surface area contributed by atoms with Crippen LogP contribution in [0, 0.1) is 11.6 Å². The van der Waals surface area contributed by atoms with E-state index in [0.29, 0.717) is 74.1 Å². The highest BCUT2D eigenvalue weighted by molar-refractivity contribution is 6.45. The highest BCUT2D eigenvalue weighted by Gasteiger charge is 2.36. The van der Waals surface area contributed by atoms with Crippen molar-refractivity contribution in [2.45, 2.75) is 85.7 Å². The van der Waals surface area contributed by atoms with Crippen LogP contribution in [0.5, 0.6) is 11.8 Å². The van der Waals surface area contributed by atoms with Crippen LogP contribution in [0.15, 0.2) is 79.1 Å². The monoisotopic (exact) mass is 919 g/mol. The molecule has 4 atom stereocenters. The Hall–Kier alpha value is -6.72. The maximum absolute atomic E-state index is 13.8. The van der Waals surface area contributed by atoms with Crippen LogP contribution in [0.1, 0.15) is 90.7 Å². The molecule has 4 aromatic heterocycles. The van der Waals surface area contributed by atoms with Gasteiger partial charge in [0, 0.05) is 93.1 Å². The molecule has 0 radical (unpaired) electrons. The number of benzene rings is 2. The average molecular weight is 920 g/mol. The number of aromatic nitrogens is 4. The van der Waals surface area contributed by atoms with Crippen molar-refractivity contribution < 1.29 is 37.4 Å². The lowest BCUT2D eigenvalue weighted by atomic mass is 10.0. The molecule has 2 aliphatic heterocycles. The molecule has 8 rings (SSSR count). The van der Waals surface area contributed by atoms with Crippen LogP contribution < -0.4 is 14.8 Å². The molecular weight excluding hydrogens is 861 g/mol. The van der Waals surface area contributed by atoms with Gasteiger partial charge in [-0.25, -0.2) is 8.78 Å². The molecule has 2 aliphatic rings. The molecular formula is C50H59F2N9O6. The van der Waals surface area contributed by atoms with Gasteiger partial charge in [-0.15, -0.1) is 0 Å². The summed E-state index contributed by atoms with van der Waals surface area (Å²) in [5.74, 6) is -1.69. The summed E-state index contributed by atoms with van der Waals surface area (Å²) in [4.78, 5) is 75.3. The van der Waals surface area contributed by atoms with Gasteiger partial charge in [0.1, 0.15) is 34.1 Å². The second-order valence-corrected chi connectivity index (χ2v) is 17.2. The number of rotatable bonds is 13. The summed E-state index contributed by atoms with van der Waals surface area (Å²) in [6.07, 6.45) is 3.23. The maximum Gasteiger partial charge on any atom is 0.292 e. The number of halogens is 2. The number of carbonyl (C=O) groups excluding carboxylic acids is 4. The molecule has 3 amide bonds. The molecule has 2 fully saturated rings. The van der Waals surface area contributed by atoms with Crippen molar-refractivity contribution in [3.63, 3.8) is 0 Å². The minimum atomic E-state index is -0.718. The molecule has 0 unspecified atom stereocenters. The Labute approximate surface area is 388 Å². The fraction of sp³-hybridized carbons (Fsp3) is 0.400. The standard InChI is InChI=1S/C27H32FN5O4.C23H27FN4O2/c1-5-29-25(35)23(34)22-12-30-24-20(22)11-21(26(31-24)37-6-2)27(36)33-14-16(3)32(13-17(33)4)15-18-7-9-19(28)10-8-18;1-4-30-22-20(11-18-9-10-25-21(18)26-22)23(29)28-13-15(2)27(12-16(28)3)14-17-5-7-19(24)8-6-17/h7-12,16-17H,5-6,13-15H2,1-4H3,(H,29,35)(H,30,31);5-11,15-16H,4,12-14H2,1-3H3,(H,25,26)/t16-,17+;15-,16+/m00/s1. The number of nitrogens with zero attached hydrogens (tertiary/aromatic N) is 6. The zero-order chi connectivity index (χ0) is 47.9. The largest absolute Gasteiger partial charge is 0.477 e. The average Bonchev–Trinajstić information content (AvgIpc) is 3.96. The molecule has 0 bridgehead atoms. The number of nitrogens with one attached hydrogen (secondary N) is 3. The van der Waals surface area contributed by atoms with E-state index in [1.165, 1.54) is 30.5 Å². The SMILES string of the molecule is CCNC(=O)C(=O)c1c[nH]c2nc(OCC)c(C(=O)N3C[C@H](C)N(Cc4ccc(F)cc4)C[C@H]3C)cc12.CCOc1nc2[nH]ccc2cc1C(=O)N1C[C@H](C)N(Cc2ccc(F)cc2)C[C@H]1C. The van der Waals surface area contributed by atoms with Crippen LogP contribution in [0.4, 0.5) is 8.78 Å². The summed E-state index contributed by atoms with van der Waals surface area (Å²) in [7, 11) is 0. The van der Waals surface area contributed by atoms with E-state index in [0.717, 1.165) is 29.6 Å². The second kappa shape index (κ2) is 21.3. The van der Waals surface area contributed by atoms with Gasteiger partial charge in [0.15, 0.2) is 0 Å². The van der Waals surface area contributed by atoms with Gasteiger partial charge in [0.2, 0.25) is 11.8 Å². The predicted molar refractivity (Wildman–Crippen MR) is 251 cm³/mol. The molecule has 3 N–H and O–H groups in total. The summed E-state index contributed by atoms with van der Waals surface area (Å²) in [5, 5.41) is 3.78. The molecule has 15 nitrogen and oxygen atoms in total. The number of ketones is 1. The topological polar surface area (TPSA) is 169 Å². The van der Waals surface area contributed by atoms with Crippen molar-refractivity contribution >= 4 is 45.6 Å². The van der Waals surface area contributed by atoms with Crippen LogP contribution in [0.3, 0.4) is 0 Å². The summed E-state index contributed by atoms with van der Waals surface area (Å²) in [6, 6.07) is 18.6. The van der Waals surface area contributed by atoms with Crippen molar-refractivity contribution in [3.8, 4) is 11.8 Å². The lowest BCUT2D eigenvalue weighted by Crippen LogP contribution is -2.57. The van der Waals surface area contributed by atoms with Gasteiger partial charge in [-0.2, -0.15) is 9.97 Å². The zero-order valence-corrected chi connectivity index (χ0v) is 39.1. The molecule has 2 aromatic carbocycles. The van der Waals surface area contributed by atoms with Gasteiger partial charge < -0.3 is 34.6 Å². The number of pyridine rings is 2. The molecule has 0 spiro atoms. The quantitative estimate of drug-likeness (QED) is 0.0812. The zero-order valence-electron chi connectivity index (χ0n) is 39.1. The summed E-state index contributed by atoms with van der Waals surface area (Å²) in [5.41, 5.74) is 4.02. The number of piperazine rings is 2. The van der Waals surface area contributed by atoms with Crippen LogP contribution >= 0.6 is 0 Å². The Morgan fingerprint density at radius 2 is 1.13 bits per heavy atom. The summed E-state index contributed by atoms with van der Waals surface area (Å²) in [6.45, 7) is 18.5. The minimum Gasteiger partial charge on any atom is -0.477 e. The third-order valence-electron chi connectivity index (χ3n) is 12.3. The Morgan fingerprint density at radius 3 is 1.63 bits per heavy atom. The van der Waals surface area contributed by atoms with E-state index in [1.807, 2.05) is 43.0 Å². The number of Topliss-reactive ketones (excluding diaryl/α,β-unsaturated/α-hetero) is 1. The third kappa shape index (κ3) is 10.9. The van der Waals surface area contributed by atoms with Crippen molar-refractivity contribution in [2.24, 2.45) is 0 Å². The number of hydrogen-bond donors (Lipinski definition) is 3. The smallest absolute Gasteiger partial charge is 0.292 e. The van der Waals surface area contributed by atoms with Gasteiger partial charge in [-0.05, 0) is 102 Å². The van der Waals surface area contributed by atoms with Crippen molar-refractivity contribution in [2.75, 3.05) is 45.9 Å². The summed E-state index contributed by atoms with van der Waals surface area (Å²) >= 11 is 0. The number of ether oxygens (including phenoxy) is 2. The number of aromatic amines is 2. The number of hydrogen-bond acceptors (Lipinski definition) is 10. The second-order valence-electron chi connectivity index (χ2n) is 17.2. The van der Waals surface area contributed by atoms with E-state index >= 15 is 0 Å². The first-order valence-electron chi connectivity index (χ1n) is 22.9. The molecule has 354 valence electrons. The van der Waals surface area contributed by atoms with Crippen LogP contribution in [-0.4, -0.2) is 133 Å². The molecule has 0 saturated carbocycles. The fourth-order valence-corrected chi connectivity index (χ4v) is 8.71. The lowest BCUT2D eigenvalue weighted by molar-refractivity contribution is -0.116. The van der Waals surface area contributed by atoms with E-state index in [1.54, 1.807) is 43.1 Å². The molecule has 2 saturated heterocycles. The first-order valence-corrected chi connectivity index (χ1v) is 22.9. The minimum absolute atomic E-state index is 0.0329. The Balaban J connectivity index is 0.000000203.